The van der Waals surface area contributed by atoms with E-state index in [1.54, 1.807) is 37.3 Å². The number of furan rings is 1. The molecule has 8 heteroatoms. The fourth-order valence-corrected chi connectivity index (χ4v) is 5.07. The standard InChI is InChI=1S/C27H23NO6S/c1-18-9-13-22(14-10-18)35(31,32)28(25(29)16-11-20-7-5-4-6-8-20)21-12-15-24-23(17-21)26(19(2)34-24)27(30)33-3/h4-17H,1-3H3/b16-11+. The molecule has 0 spiro atoms. The highest BCUT2D eigenvalue weighted by molar-refractivity contribution is 7.93. The fraction of sp³-hybridized carbons (Fsp3) is 0.111. The van der Waals surface area contributed by atoms with Gasteiger partial charge in [-0.3, -0.25) is 4.79 Å². The first-order valence-electron chi connectivity index (χ1n) is 10.7. The van der Waals surface area contributed by atoms with Crippen molar-refractivity contribution >= 4 is 44.6 Å². The van der Waals surface area contributed by atoms with Crippen LogP contribution >= 0.6 is 0 Å². The Bertz CT molecular complexity index is 1530. The van der Waals surface area contributed by atoms with Crippen molar-refractivity contribution in [1.82, 2.24) is 0 Å². The number of esters is 1. The van der Waals surface area contributed by atoms with Gasteiger partial charge in [-0.05, 0) is 55.8 Å². The molecule has 0 atom stereocenters. The summed E-state index contributed by atoms with van der Waals surface area (Å²) in [6.07, 6.45) is 2.74. The summed E-state index contributed by atoms with van der Waals surface area (Å²) in [5.41, 5.74) is 2.22. The van der Waals surface area contributed by atoms with E-state index in [1.807, 2.05) is 25.1 Å². The maximum absolute atomic E-state index is 13.7. The van der Waals surface area contributed by atoms with E-state index in [0.717, 1.165) is 15.4 Å². The van der Waals surface area contributed by atoms with Crippen LogP contribution in [-0.4, -0.2) is 27.4 Å². The van der Waals surface area contributed by atoms with Crippen molar-refractivity contribution < 1.29 is 27.2 Å². The first-order chi connectivity index (χ1) is 16.7. The number of sulfonamides is 1. The summed E-state index contributed by atoms with van der Waals surface area (Å²) in [6, 6.07) is 19.7. The lowest BCUT2D eigenvalue weighted by Crippen LogP contribution is -2.35. The van der Waals surface area contributed by atoms with Crippen LogP contribution in [0.25, 0.3) is 17.0 Å². The number of nitrogens with zero attached hydrogens (tertiary/aromatic N) is 1. The molecule has 0 saturated heterocycles. The highest BCUT2D eigenvalue weighted by Gasteiger charge is 2.31. The number of amides is 1. The molecule has 0 bridgehead atoms. The average Bonchev–Trinajstić information content (AvgIpc) is 3.18. The smallest absolute Gasteiger partial charge is 0.342 e. The number of methoxy groups -OCH3 is 1. The molecule has 0 unspecified atom stereocenters. The fourth-order valence-electron chi connectivity index (χ4n) is 3.69. The number of fused-ring (bicyclic) bond motifs is 1. The Morgan fingerprint density at radius 1 is 0.943 bits per heavy atom. The summed E-state index contributed by atoms with van der Waals surface area (Å²) in [7, 11) is -3.04. The van der Waals surface area contributed by atoms with Crippen LogP contribution in [0.5, 0.6) is 0 Å². The lowest BCUT2D eigenvalue weighted by molar-refractivity contribution is -0.113. The Balaban J connectivity index is 1.88. The molecule has 1 aromatic heterocycles. The zero-order chi connectivity index (χ0) is 25.2. The van der Waals surface area contributed by atoms with Crippen molar-refractivity contribution in [3.05, 3.63) is 101 Å². The normalized spacial score (nSPS) is 11.6. The molecular weight excluding hydrogens is 466 g/mol. The number of hydrogen-bond donors (Lipinski definition) is 0. The van der Waals surface area contributed by atoms with E-state index < -0.39 is 21.9 Å². The van der Waals surface area contributed by atoms with Crippen molar-refractivity contribution in [3.63, 3.8) is 0 Å². The second-order valence-electron chi connectivity index (χ2n) is 7.87. The molecular formula is C27H23NO6S. The zero-order valence-electron chi connectivity index (χ0n) is 19.4. The molecule has 35 heavy (non-hydrogen) atoms. The largest absolute Gasteiger partial charge is 0.465 e. The Kier molecular flexibility index (Phi) is 6.57. The Morgan fingerprint density at radius 3 is 2.29 bits per heavy atom. The second kappa shape index (κ2) is 9.60. The Morgan fingerprint density at radius 2 is 1.63 bits per heavy atom. The van der Waals surface area contributed by atoms with Gasteiger partial charge in [0.05, 0.1) is 17.7 Å². The first kappa shape index (κ1) is 24.0. The molecule has 4 aromatic rings. The third kappa shape index (κ3) is 4.74. The van der Waals surface area contributed by atoms with Crippen LogP contribution in [0.4, 0.5) is 5.69 Å². The Hall–Kier alpha value is -4.17. The lowest BCUT2D eigenvalue weighted by atomic mass is 10.1. The van der Waals surface area contributed by atoms with Crippen molar-refractivity contribution in [2.75, 3.05) is 11.4 Å². The summed E-state index contributed by atoms with van der Waals surface area (Å²) < 4.78 is 38.6. The van der Waals surface area contributed by atoms with Crippen LogP contribution in [0.2, 0.25) is 0 Å². The van der Waals surface area contributed by atoms with E-state index in [1.165, 1.54) is 43.5 Å². The van der Waals surface area contributed by atoms with Gasteiger partial charge < -0.3 is 9.15 Å². The van der Waals surface area contributed by atoms with Gasteiger partial charge in [0.1, 0.15) is 16.9 Å². The van der Waals surface area contributed by atoms with Crippen LogP contribution in [0.3, 0.4) is 0 Å². The van der Waals surface area contributed by atoms with Crippen molar-refractivity contribution in [2.45, 2.75) is 18.7 Å². The van der Waals surface area contributed by atoms with Gasteiger partial charge in [0.25, 0.3) is 15.9 Å². The molecule has 3 aromatic carbocycles. The SMILES string of the molecule is COC(=O)c1c(C)oc2ccc(N(C(=O)/C=C/c3ccccc3)S(=O)(=O)c3ccc(C)cc3)cc12. The first-order valence-corrected chi connectivity index (χ1v) is 12.2. The number of aryl methyl sites for hydroxylation is 2. The molecule has 1 heterocycles. The third-order valence-electron chi connectivity index (χ3n) is 5.45. The second-order valence-corrected chi connectivity index (χ2v) is 9.66. The molecule has 0 aliphatic heterocycles. The van der Waals surface area contributed by atoms with Crippen LogP contribution < -0.4 is 4.31 Å². The molecule has 7 nitrogen and oxygen atoms in total. The number of anilines is 1. The van der Waals surface area contributed by atoms with Crippen LogP contribution in [-0.2, 0) is 19.6 Å². The number of hydrogen-bond acceptors (Lipinski definition) is 6. The molecule has 0 aliphatic rings. The van der Waals surface area contributed by atoms with E-state index in [9.17, 15) is 18.0 Å². The topological polar surface area (TPSA) is 93.9 Å². The zero-order valence-corrected chi connectivity index (χ0v) is 20.2. The number of ether oxygens (including phenoxy) is 1. The quantitative estimate of drug-likeness (QED) is 0.270. The van der Waals surface area contributed by atoms with E-state index in [2.05, 4.69) is 0 Å². The molecule has 1 amide bonds. The lowest BCUT2D eigenvalue weighted by Gasteiger charge is -2.21. The molecule has 4 rings (SSSR count). The van der Waals surface area contributed by atoms with Crippen molar-refractivity contribution in [3.8, 4) is 0 Å². The van der Waals surface area contributed by atoms with Gasteiger partial charge in [0.15, 0.2) is 0 Å². The van der Waals surface area contributed by atoms with E-state index in [-0.39, 0.29) is 16.1 Å². The predicted molar refractivity (Wildman–Crippen MR) is 134 cm³/mol. The van der Waals surface area contributed by atoms with E-state index in [4.69, 9.17) is 9.15 Å². The van der Waals surface area contributed by atoms with Crippen LogP contribution in [0.15, 0.2) is 88.2 Å². The monoisotopic (exact) mass is 489 g/mol. The highest BCUT2D eigenvalue weighted by atomic mass is 32.2. The van der Waals surface area contributed by atoms with Gasteiger partial charge in [-0.25, -0.2) is 13.2 Å². The van der Waals surface area contributed by atoms with Gasteiger partial charge >= 0.3 is 5.97 Å². The number of carbonyl (C=O) groups excluding carboxylic acids is 2. The molecule has 0 N–H and O–H groups in total. The number of benzene rings is 3. The Labute approximate surface area is 203 Å². The van der Waals surface area contributed by atoms with E-state index >= 15 is 0 Å². The number of carbonyl (C=O) groups is 2. The molecule has 0 radical (unpaired) electrons. The van der Waals surface area contributed by atoms with Crippen molar-refractivity contribution in [1.29, 1.82) is 0 Å². The summed E-state index contributed by atoms with van der Waals surface area (Å²) in [5.74, 6) is -1.07. The van der Waals surface area contributed by atoms with Gasteiger partial charge in [-0.2, -0.15) is 4.31 Å². The summed E-state index contributed by atoms with van der Waals surface area (Å²) >= 11 is 0. The molecule has 178 valence electrons. The molecule has 0 saturated carbocycles. The maximum Gasteiger partial charge on any atom is 0.342 e. The summed E-state index contributed by atoms with van der Waals surface area (Å²) in [5, 5.41) is 0.343. The maximum atomic E-state index is 13.7. The third-order valence-corrected chi connectivity index (χ3v) is 7.19. The van der Waals surface area contributed by atoms with Gasteiger partial charge in [0, 0.05) is 11.5 Å². The predicted octanol–water partition coefficient (Wildman–Crippen LogP) is 5.27. The van der Waals surface area contributed by atoms with Crippen LogP contribution in [0.1, 0.15) is 27.2 Å². The average molecular weight is 490 g/mol. The van der Waals surface area contributed by atoms with Gasteiger partial charge in [0.2, 0.25) is 0 Å². The van der Waals surface area contributed by atoms with Crippen molar-refractivity contribution in [2.24, 2.45) is 0 Å². The minimum absolute atomic E-state index is 0.0405. The number of rotatable bonds is 6. The molecule has 0 fully saturated rings. The minimum atomic E-state index is -4.29. The summed E-state index contributed by atoms with van der Waals surface area (Å²) in [6.45, 7) is 3.45. The van der Waals surface area contributed by atoms with Crippen LogP contribution in [0, 0.1) is 13.8 Å². The molecule has 0 aliphatic carbocycles. The van der Waals surface area contributed by atoms with Gasteiger partial charge in [-0.15, -0.1) is 0 Å². The summed E-state index contributed by atoms with van der Waals surface area (Å²) in [4.78, 5) is 25.7. The minimum Gasteiger partial charge on any atom is -0.465 e. The van der Waals surface area contributed by atoms with E-state index in [0.29, 0.717) is 16.7 Å². The highest BCUT2D eigenvalue weighted by Crippen LogP contribution is 2.32. The van der Waals surface area contributed by atoms with Gasteiger partial charge in [-0.1, -0.05) is 48.0 Å².